The topological polar surface area (TPSA) is 101 Å². The predicted molar refractivity (Wildman–Crippen MR) is 107 cm³/mol. The van der Waals surface area contributed by atoms with Crippen LogP contribution in [0.25, 0.3) is 0 Å². The summed E-state index contributed by atoms with van der Waals surface area (Å²) in [7, 11) is 0. The summed E-state index contributed by atoms with van der Waals surface area (Å²) in [6.07, 6.45) is -4.56. The van der Waals surface area contributed by atoms with E-state index >= 15 is 0 Å². The monoisotopic (exact) mass is 429 g/mol. The first-order valence-corrected chi connectivity index (χ1v) is 8.78. The van der Waals surface area contributed by atoms with Crippen LogP contribution in [0, 0.1) is 10.1 Å². The Balaban J connectivity index is 1.79. The van der Waals surface area contributed by atoms with Crippen LogP contribution in [0.15, 0.2) is 72.8 Å². The molecule has 0 heterocycles. The third kappa shape index (κ3) is 5.24. The Morgan fingerprint density at radius 3 is 2.16 bits per heavy atom. The molecule has 2 amide bonds. The molecule has 10 heteroatoms. The molecule has 0 unspecified atom stereocenters. The Morgan fingerprint density at radius 1 is 0.839 bits per heavy atom. The summed E-state index contributed by atoms with van der Waals surface area (Å²) in [5.74, 6) is -1.34. The van der Waals surface area contributed by atoms with Gasteiger partial charge < -0.3 is 10.6 Å². The number of nitro groups is 1. The van der Waals surface area contributed by atoms with Gasteiger partial charge >= 0.3 is 6.18 Å². The van der Waals surface area contributed by atoms with Gasteiger partial charge in [0.1, 0.15) is 0 Å². The Labute approximate surface area is 173 Å². The maximum absolute atomic E-state index is 12.9. The molecule has 0 saturated carbocycles. The lowest BCUT2D eigenvalue weighted by atomic mass is 10.1. The summed E-state index contributed by atoms with van der Waals surface area (Å²) in [5.41, 5.74) is -0.886. The molecule has 0 atom stereocenters. The van der Waals surface area contributed by atoms with E-state index < -0.39 is 28.5 Å². The molecule has 0 radical (unpaired) electrons. The number of rotatable bonds is 5. The van der Waals surface area contributed by atoms with Gasteiger partial charge in [-0.05, 0) is 42.5 Å². The number of alkyl halides is 3. The zero-order valence-corrected chi connectivity index (χ0v) is 15.6. The molecule has 0 spiro atoms. The lowest BCUT2D eigenvalue weighted by molar-refractivity contribution is -0.384. The van der Waals surface area contributed by atoms with E-state index in [2.05, 4.69) is 10.6 Å². The highest BCUT2D eigenvalue weighted by Crippen LogP contribution is 2.31. The van der Waals surface area contributed by atoms with Gasteiger partial charge in [0.05, 0.1) is 21.7 Å². The fraction of sp³-hybridized carbons (Fsp3) is 0.0476. The van der Waals surface area contributed by atoms with Crippen molar-refractivity contribution in [1.29, 1.82) is 0 Å². The van der Waals surface area contributed by atoms with Crippen molar-refractivity contribution in [3.8, 4) is 0 Å². The summed E-state index contributed by atoms with van der Waals surface area (Å²) in [6, 6.07) is 15.0. The number of hydrogen-bond donors (Lipinski definition) is 2. The van der Waals surface area contributed by atoms with Crippen molar-refractivity contribution >= 4 is 28.9 Å². The molecule has 3 aromatic carbocycles. The van der Waals surface area contributed by atoms with Crippen LogP contribution < -0.4 is 10.6 Å². The second-order valence-electron chi connectivity index (χ2n) is 6.34. The Bertz CT molecular complexity index is 1150. The van der Waals surface area contributed by atoms with Crippen LogP contribution in [0.2, 0.25) is 0 Å². The van der Waals surface area contributed by atoms with E-state index in [1.165, 1.54) is 54.6 Å². The summed E-state index contributed by atoms with van der Waals surface area (Å²) < 4.78 is 38.6. The van der Waals surface area contributed by atoms with Crippen molar-refractivity contribution in [3.05, 3.63) is 99.6 Å². The van der Waals surface area contributed by atoms with Crippen molar-refractivity contribution in [2.75, 3.05) is 10.6 Å². The first-order valence-electron chi connectivity index (χ1n) is 8.78. The van der Waals surface area contributed by atoms with Crippen molar-refractivity contribution in [3.63, 3.8) is 0 Å². The van der Waals surface area contributed by atoms with Gasteiger partial charge in [-0.15, -0.1) is 0 Å². The number of para-hydroxylation sites is 1. The standard InChI is InChI=1S/C21H14F3N3O4/c22-21(23,24)14-4-3-5-15(12-14)25-20(29)17-6-1-2-7-18(17)26-19(28)13-8-10-16(11-9-13)27(30)31/h1-12H,(H,25,29)(H,26,28). The third-order valence-electron chi connectivity index (χ3n) is 4.21. The zero-order valence-electron chi connectivity index (χ0n) is 15.6. The van der Waals surface area contributed by atoms with Gasteiger partial charge in [0, 0.05) is 23.4 Å². The SMILES string of the molecule is O=C(Nc1ccccc1C(=O)Nc1cccc(C(F)(F)F)c1)c1ccc([N+](=O)[O-])cc1. The molecular formula is C21H14F3N3O4. The van der Waals surface area contributed by atoms with Crippen LogP contribution >= 0.6 is 0 Å². The van der Waals surface area contributed by atoms with Crippen LogP contribution in [0.4, 0.5) is 30.2 Å². The van der Waals surface area contributed by atoms with Gasteiger partial charge in [0.25, 0.3) is 17.5 Å². The molecule has 0 saturated heterocycles. The van der Waals surface area contributed by atoms with Crippen molar-refractivity contribution < 1.29 is 27.7 Å². The smallest absolute Gasteiger partial charge is 0.322 e. The third-order valence-corrected chi connectivity index (χ3v) is 4.21. The van der Waals surface area contributed by atoms with E-state index in [0.29, 0.717) is 0 Å². The summed E-state index contributed by atoms with van der Waals surface area (Å²) in [5, 5.41) is 15.6. The number of hydrogen-bond acceptors (Lipinski definition) is 4. The van der Waals surface area contributed by atoms with E-state index in [1.807, 2.05) is 0 Å². The highest BCUT2D eigenvalue weighted by molar-refractivity contribution is 6.12. The van der Waals surface area contributed by atoms with Gasteiger partial charge in [-0.1, -0.05) is 18.2 Å². The van der Waals surface area contributed by atoms with Crippen LogP contribution in [0.5, 0.6) is 0 Å². The van der Waals surface area contributed by atoms with Crippen molar-refractivity contribution in [2.24, 2.45) is 0 Å². The first kappa shape index (κ1) is 21.5. The molecule has 3 aromatic rings. The molecule has 0 bridgehead atoms. The quantitative estimate of drug-likeness (QED) is 0.434. The van der Waals surface area contributed by atoms with E-state index in [4.69, 9.17) is 0 Å². The number of benzene rings is 3. The number of nitrogens with one attached hydrogen (secondary N) is 2. The average molecular weight is 429 g/mol. The zero-order chi connectivity index (χ0) is 22.6. The highest BCUT2D eigenvalue weighted by Gasteiger charge is 2.30. The normalized spacial score (nSPS) is 10.9. The van der Waals surface area contributed by atoms with Crippen LogP contribution in [-0.2, 0) is 6.18 Å². The Hall–Kier alpha value is -4.21. The fourth-order valence-corrected chi connectivity index (χ4v) is 2.69. The largest absolute Gasteiger partial charge is 0.416 e. The molecule has 0 aliphatic heterocycles. The van der Waals surface area contributed by atoms with Crippen molar-refractivity contribution in [2.45, 2.75) is 6.18 Å². The lowest BCUT2D eigenvalue weighted by Gasteiger charge is -2.13. The van der Waals surface area contributed by atoms with E-state index in [1.54, 1.807) is 6.07 Å². The van der Waals surface area contributed by atoms with Gasteiger partial charge in [-0.3, -0.25) is 19.7 Å². The number of amides is 2. The molecule has 2 N–H and O–H groups in total. The molecule has 0 fully saturated rings. The van der Waals surface area contributed by atoms with Gasteiger partial charge in [-0.25, -0.2) is 0 Å². The minimum atomic E-state index is -4.56. The van der Waals surface area contributed by atoms with Crippen LogP contribution in [0.3, 0.4) is 0 Å². The molecule has 0 aliphatic carbocycles. The number of carbonyl (C=O) groups excluding carboxylic acids is 2. The molecule has 158 valence electrons. The molecule has 31 heavy (non-hydrogen) atoms. The second kappa shape index (κ2) is 8.66. The Morgan fingerprint density at radius 2 is 1.52 bits per heavy atom. The van der Waals surface area contributed by atoms with Gasteiger partial charge in [0.15, 0.2) is 0 Å². The summed E-state index contributed by atoms with van der Waals surface area (Å²) in [6.45, 7) is 0. The Kier molecular flexibility index (Phi) is 6.00. The van der Waals surface area contributed by atoms with E-state index in [-0.39, 0.29) is 28.2 Å². The van der Waals surface area contributed by atoms with E-state index in [0.717, 1.165) is 12.1 Å². The second-order valence-corrected chi connectivity index (χ2v) is 6.34. The highest BCUT2D eigenvalue weighted by atomic mass is 19.4. The molecule has 0 aliphatic rings. The van der Waals surface area contributed by atoms with Crippen LogP contribution in [-0.4, -0.2) is 16.7 Å². The minimum absolute atomic E-state index is 0.0233. The van der Waals surface area contributed by atoms with E-state index in [9.17, 15) is 32.9 Å². The molecule has 3 rings (SSSR count). The first-order chi connectivity index (χ1) is 14.6. The predicted octanol–water partition coefficient (Wildman–Crippen LogP) is 5.12. The number of non-ortho nitro benzene ring substituents is 1. The average Bonchev–Trinajstić information content (AvgIpc) is 2.73. The fourth-order valence-electron chi connectivity index (χ4n) is 2.69. The molecule has 7 nitrogen and oxygen atoms in total. The molecular weight excluding hydrogens is 415 g/mol. The van der Waals surface area contributed by atoms with Crippen molar-refractivity contribution in [1.82, 2.24) is 0 Å². The maximum Gasteiger partial charge on any atom is 0.416 e. The van der Waals surface area contributed by atoms with Crippen LogP contribution in [0.1, 0.15) is 26.3 Å². The lowest BCUT2D eigenvalue weighted by Crippen LogP contribution is -2.18. The van der Waals surface area contributed by atoms with Gasteiger partial charge in [0.2, 0.25) is 0 Å². The maximum atomic E-state index is 12.9. The number of halogens is 3. The van der Waals surface area contributed by atoms with Gasteiger partial charge in [-0.2, -0.15) is 13.2 Å². The number of nitro benzene ring substituents is 1. The number of anilines is 2. The summed E-state index contributed by atoms with van der Waals surface area (Å²) in [4.78, 5) is 35.2. The summed E-state index contributed by atoms with van der Waals surface area (Å²) >= 11 is 0. The number of carbonyl (C=O) groups is 2. The minimum Gasteiger partial charge on any atom is -0.322 e. The number of nitrogens with zero attached hydrogens (tertiary/aromatic N) is 1. The molecule has 0 aromatic heterocycles.